The summed E-state index contributed by atoms with van der Waals surface area (Å²) in [7, 11) is 0. The van der Waals surface area contributed by atoms with E-state index in [2.05, 4.69) is 4.90 Å². The molecule has 0 saturated carbocycles. The van der Waals surface area contributed by atoms with Gasteiger partial charge in [-0.15, -0.1) is 0 Å². The van der Waals surface area contributed by atoms with Gasteiger partial charge in [0.2, 0.25) is 5.88 Å². The molecule has 1 N–H and O–H groups in total. The van der Waals surface area contributed by atoms with Gasteiger partial charge in [-0.1, -0.05) is 11.3 Å². The molecule has 14 heavy (non-hydrogen) atoms. The highest BCUT2D eigenvalue weighted by molar-refractivity contribution is 7.07. The lowest BCUT2D eigenvalue weighted by atomic mass is 10.4. The number of aromatic hydroxyl groups is 1. The summed E-state index contributed by atoms with van der Waals surface area (Å²) in [6.45, 7) is 3.72. The van der Waals surface area contributed by atoms with E-state index in [9.17, 15) is 9.90 Å². The molecule has 1 aromatic rings. The van der Waals surface area contributed by atoms with E-state index in [-0.39, 0.29) is 10.8 Å². The van der Waals surface area contributed by atoms with Crippen molar-refractivity contribution in [3.8, 4) is 5.88 Å². The Bertz CT molecular complexity index is 352. The third-order valence-electron chi connectivity index (χ3n) is 2.60. The van der Waals surface area contributed by atoms with Crippen molar-refractivity contribution in [1.82, 2.24) is 9.47 Å². The molecule has 1 fully saturated rings. The maximum Gasteiger partial charge on any atom is 0.310 e. The van der Waals surface area contributed by atoms with E-state index in [1.54, 1.807) is 0 Å². The van der Waals surface area contributed by atoms with Gasteiger partial charge in [0.05, 0.1) is 5.38 Å². The molecule has 0 amide bonds. The molecule has 1 aliphatic rings. The van der Waals surface area contributed by atoms with Crippen LogP contribution in [0.3, 0.4) is 0 Å². The fourth-order valence-electron chi connectivity index (χ4n) is 1.78. The normalized spacial score (nSPS) is 17.7. The molecule has 0 bridgehead atoms. The molecule has 0 aromatic carbocycles. The standard InChI is InChI=1S/C9H14N2O2S/c12-8-7-14-9(13)11(8)6-5-10-3-1-2-4-10/h7,12H,1-6H2. The lowest BCUT2D eigenvalue weighted by Crippen LogP contribution is -2.26. The van der Waals surface area contributed by atoms with Crippen molar-refractivity contribution < 1.29 is 5.11 Å². The lowest BCUT2D eigenvalue weighted by molar-refractivity contribution is 0.309. The SMILES string of the molecule is O=c1scc(O)n1CCN1CCCC1. The highest BCUT2D eigenvalue weighted by Gasteiger charge is 2.12. The highest BCUT2D eigenvalue weighted by Crippen LogP contribution is 2.11. The molecule has 2 heterocycles. The Morgan fingerprint density at radius 1 is 1.36 bits per heavy atom. The van der Waals surface area contributed by atoms with Gasteiger partial charge in [-0.05, 0) is 25.9 Å². The van der Waals surface area contributed by atoms with Crippen LogP contribution in [0.1, 0.15) is 12.8 Å². The van der Waals surface area contributed by atoms with Gasteiger partial charge >= 0.3 is 4.87 Å². The van der Waals surface area contributed by atoms with Crippen molar-refractivity contribution in [2.75, 3.05) is 19.6 Å². The van der Waals surface area contributed by atoms with Gasteiger partial charge in [-0.3, -0.25) is 9.36 Å². The van der Waals surface area contributed by atoms with Crippen LogP contribution in [0.25, 0.3) is 0 Å². The van der Waals surface area contributed by atoms with Gasteiger partial charge in [0.1, 0.15) is 0 Å². The van der Waals surface area contributed by atoms with Crippen LogP contribution in [0.15, 0.2) is 10.2 Å². The minimum atomic E-state index is -0.0679. The first-order valence-corrected chi connectivity index (χ1v) is 5.75. The summed E-state index contributed by atoms with van der Waals surface area (Å²) in [6, 6.07) is 0. The van der Waals surface area contributed by atoms with Gasteiger partial charge < -0.3 is 10.0 Å². The predicted molar refractivity (Wildman–Crippen MR) is 55.9 cm³/mol. The molecule has 2 rings (SSSR count). The van der Waals surface area contributed by atoms with Crippen molar-refractivity contribution >= 4 is 11.3 Å². The van der Waals surface area contributed by atoms with Crippen LogP contribution in [0.5, 0.6) is 5.88 Å². The zero-order valence-corrected chi connectivity index (χ0v) is 8.79. The van der Waals surface area contributed by atoms with Crippen LogP contribution in [0.4, 0.5) is 0 Å². The first-order chi connectivity index (χ1) is 6.77. The summed E-state index contributed by atoms with van der Waals surface area (Å²) in [6.07, 6.45) is 2.51. The molecule has 1 aliphatic heterocycles. The molecule has 1 aromatic heterocycles. The van der Waals surface area contributed by atoms with E-state index in [4.69, 9.17) is 0 Å². The number of thiazole rings is 1. The summed E-state index contributed by atoms with van der Waals surface area (Å²) < 4.78 is 1.43. The highest BCUT2D eigenvalue weighted by atomic mass is 32.1. The first-order valence-electron chi connectivity index (χ1n) is 4.87. The van der Waals surface area contributed by atoms with Gasteiger partial charge in [0.25, 0.3) is 0 Å². The lowest BCUT2D eigenvalue weighted by Gasteiger charge is -2.14. The predicted octanol–water partition coefficient (Wildman–Crippen LogP) is 0.711. The van der Waals surface area contributed by atoms with Gasteiger partial charge in [0, 0.05) is 13.1 Å². The van der Waals surface area contributed by atoms with E-state index in [0.29, 0.717) is 6.54 Å². The van der Waals surface area contributed by atoms with Crippen LogP contribution in [0.2, 0.25) is 0 Å². The molecule has 4 nitrogen and oxygen atoms in total. The number of hydrogen-bond donors (Lipinski definition) is 1. The minimum absolute atomic E-state index is 0.0679. The largest absolute Gasteiger partial charge is 0.494 e. The minimum Gasteiger partial charge on any atom is -0.494 e. The van der Waals surface area contributed by atoms with Crippen molar-refractivity contribution in [1.29, 1.82) is 0 Å². The third-order valence-corrected chi connectivity index (χ3v) is 3.35. The summed E-state index contributed by atoms with van der Waals surface area (Å²) in [5.41, 5.74) is 0. The number of rotatable bonds is 3. The zero-order valence-electron chi connectivity index (χ0n) is 7.98. The van der Waals surface area contributed by atoms with E-state index in [1.165, 1.54) is 22.8 Å². The van der Waals surface area contributed by atoms with Gasteiger partial charge in [-0.2, -0.15) is 0 Å². The van der Waals surface area contributed by atoms with E-state index in [0.717, 1.165) is 31.0 Å². The Morgan fingerprint density at radius 3 is 2.64 bits per heavy atom. The second-order valence-electron chi connectivity index (χ2n) is 3.56. The Balaban J connectivity index is 1.94. The average Bonchev–Trinajstić information content (AvgIpc) is 2.76. The van der Waals surface area contributed by atoms with Crippen LogP contribution in [0, 0.1) is 0 Å². The smallest absolute Gasteiger partial charge is 0.310 e. The number of likely N-dealkylation sites (tertiary alicyclic amines) is 1. The molecule has 1 saturated heterocycles. The number of aromatic nitrogens is 1. The van der Waals surface area contributed by atoms with Crippen LogP contribution in [-0.2, 0) is 6.54 Å². The summed E-state index contributed by atoms with van der Waals surface area (Å²) in [5.74, 6) is 0.0965. The monoisotopic (exact) mass is 214 g/mol. The molecule has 0 atom stereocenters. The summed E-state index contributed by atoms with van der Waals surface area (Å²) >= 11 is 1.05. The fraction of sp³-hybridized carbons (Fsp3) is 0.667. The average molecular weight is 214 g/mol. The molecule has 0 spiro atoms. The summed E-state index contributed by atoms with van der Waals surface area (Å²) in [4.78, 5) is 13.5. The molecule has 0 unspecified atom stereocenters. The van der Waals surface area contributed by atoms with E-state index >= 15 is 0 Å². The second-order valence-corrected chi connectivity index (χ2v) is 4.38. The first kappa shape index (κ1) is 9.73. The molecule has 0 aliphatic carbocycles. The maximum atomic E-state index is 11.2. The number of hydrogen-bond acceptors (Lipinski definition) is 4. The van der Waals surface area contributed by atoms with E-state index in [1.807, 2.05) is 0 Å². The maximum absolute atomic E-state index is 11.2. The van der Waals surface area contributed by atoms with Crippen molar-refractivity contribution in [2.45, 2.75) is 19.4 Å². The van der Waals surface area contributed by atoms with Crippen molar-refractivity contribution in [3.05, 3.63) is 15.0 Å². The second kappa shape index (κ2) is 4.14. The zero-order chi connectivity index (χ0) is 9.97. The Morgan fingerprint density at radius 2 is 2.07 bits per heavy atom. The number of nitrogens with zero attached hydrogens (tertiary/aromatic N) is 2. The van der Waals surface area contributed by atoms with Gasteiger partial charge in [-0.25, -0.2) is 0 Å². The molecule has 78 valence electrons. The Labute approximate surface area is 86.4 Å². The quantitative estimate of drug-likeness (QED) is 0.806. The van der Waals surface area contributed by atoms with Crippen LogP contribution in [-0.4, -0.2) is 34.2 Å². The topological polar surface area (TPSA) is 45.5 Å². The van der Waals surface area contributed by atoms with Crippen LogP contribution < -0.4 is 4.87 Å². The van der Waals surface area contributed by atoms with Gasteiger partial charge in [0.15, 0.2) is 0 Å². The van der Waals surface area contributed by atoms with Crippen molar-refractivity contribution in [2.24, 2.45) is 0 Å². The van der Waals surface area contributed by atoms with Crippen molar-refractivity contribution in [3.63, 3.8) is 0 Å². The molecular weight excluding hydrogens is 200 g/mol. The van der Waals surface area contributed by atoms with E-state index < -0.39 is 0 Å². The van der Waals surface area contributed by atoms with Crippen LogP contribution >= 0.6 is 11.3 Å². The molecule has 5 heteroatoms. The molecule has 0 radical (unpaired) electrons. The Hall–Kier alpha value is -0.810. The fourth-order valence-corrected chi connectivity index (χ4v) is 2.42. The Kier molecular flexibility index (Phi) is 2.88. The molecular formula is C9H14N2O2S. The summed E-state index contributed by atoms with van der Waals surface area (Å²) in [5, 5.41) is 10.9. The third kappa shape index (κ3) is 1.99.